The highest BCUT2D eigenvalue weighted by molar-refractivity contribution is 5.70. The maximum atomic E-state index is 5.56. The number of methoxy groups -OCH3 is 2. The maximum Gasteiger partial charge on any atom is 0.111 e. The summed E-state index contributed by atoms with van der Waals surface area (Å²) in [6.45, 7) is 8.52. The minimum Gasteiger partial charge on any atom is -0.498 e. The molecule has 28 heavy (non-hydrogen) atoms. The number of rotatable bonds is 16. The predicted octanol–water partition coefficient (Wildman–Crippen LogP) is 3.77. The van der Waals surface area contributed by atoms with Crippen molar-refractivity contribution >= 4 is 11.1 Å². The molecule has 6 nitrogen and oxygen atoms in total. The SMILES string of the molecule is COCCOCCOC=C(C)c1cccc(/C(C)=C\OCCOCCOC)c1. The molecule has 0 heterocycles. The maximum absolute atomic E-state index is 5.56. The Balaban J connectivity index is 2.42. The van der Waals surface area contributed by atoms with Crippen LogP contribution >= 0.6 is 0 Å². The van der Waals surface area contributed by atoms with E-state index >= 15 is 0 Å². The van der Waals surface area contributed by atoms with Crippen molar-refractivity contribution in [2.45, 2.75) is 13.8 Å². The molecular weight excluding hydrogens is 360 g/mol. The molecule has 0 aliphatic rings. The summed E-state index contributed by atoms with van der Waals surface area (Å²) in [6.07, 6.45) is 3.54. The predicted molar refractivity (Wildman–Crippen MR) is 111 cm³/mol. The highest BCUT2D eigenvalue weighted by Crippen LogP contribution is 2.20. The van der Waals surface area contributed by atoms with E-state index in [0.717, 1.165) is 22.3 Å². The third kappa shape index (κ3) is 11.1. The molecule has 1 aromatic rings. The highest BCUT2D eigenvalue weighted by atomic mass is 16.5. The van der Waals surface area contributed by atoms with Gasteiger partial charge in [0.25, 0.3) is 0 Å². The van der Waals surface area contributed by atoms with Crippen molar-refractivity contribution in [3.63, 3.8) is 0 Å². The first kappa shape index (κ1) is 24.2. The summed E-state index contributed by atoms with van der Waals surface area (Å²) < 4.78 is 31.7. The van der Waals surface area contributed by atoms with Crippen molar-refractivity contribution in [3.8, 4) is 0 Å². The first-order valence-corrected chi connectivity index (χ1v) is 9.50. The Hall–Kier alpha value is -1.86. The lowest BCUT2D eigenvalue weighted by atomic mass is 10.0. The average molecular weight is 395 g/mol. The summed E-state index contributed by atoms with van der Waals surface area (Å²) in [5, 5.41) is 0. The molecule has 0 unspecified atom stereocenters. The van der Waals surface area contributed by atoms with Crippen LogP contribution in [0.2, 0.25) is 0 Å². The molecule has 0 aliphatic carbocycles. The van der Waals surface area contributed by atoms with Crippen LogP contribution in [0.15, 0.2) is 36.8 Å². The molecule has 0 radical (unpaired) electrons. The van der Waals surface area contributed by atoms with Crippen LogP contribution in [0.1, 0.15) is 25.0 Å². The Bertz CT molecular complexity index is 535. The van der Waals surface area contributed by atoms with Crippen LogP contribution in [-0.4, -0.2) is 67.1 Å². The monoisotopic (exact) mass is 394 g/mol. The second-order valence-electron chi connectivity index (χ2n) is 6.13. The van der Waals surface area contributed by atoms with Crippen molar-refractivity contribution in [1.29, 1.82) is 0 Å². The Kier molecular flexibility index (Phi) is 13.9. The van der Waals surface area contributed by atoms with E-state index in [1.165, 1.54) is 0 Å². The molecule has 0 fully saturated rings. The van der Waals surface area contributed by atoms with Gasteiger partial charge in [-0.2, -0.15) is 0 Å². The van der Waals surface area contributed by atoms with Gasteiger partial charge in [0.2, 0.25) is 0 Å². The number of allylic oxidation sites excluding steroid dienone is 2. The smallest absolute Gasteiger partial charge is 0.111 e. The Morgan fingerprint density at radius 2 is 1.11 bits per heavy atom. The molecule has 0 aliphatic heterocycles. The van der Waals surface area contributed by atoms with Gasteiger partial charge in [-0.15, -0.1) is 0 Å². The third-order valence-electron chi connectivity index (χ3n) is 3.85. The molecule has 158 valence electrons. The molecule has 0 saturated carbocycles. The van der Waals surface area contributed by atoms with Gasteiger partial charge in [0.1, 0.15) is 13.2 Å². The zero-order chi connectivity index (χ0) is 20.5. The van der Waals surface area contributed by atoms with E-state index in [1.54, 1.807) is 26.7 Å². The van der Waals surface area contributed by atoms with Gasteiger partial charge in [0, 0.05) is 14.2 Å². The van der Waals surface area contributed by atoms with E-state index in [4.69, 9.17) is 28.4 Å². The van der Waals surface area contributed by atoms with Crippen LogP contribution in [0.5, 0.6) is 0 Å². The van der Waals surface area contributed by atoms with Crippen LogP contribution in [-0.2, 0) is 28.4 Å². The molecule has 0 bridgehead atoms. The summed E-state index contributed by atoms with van der Waals surface area (Å²) in [5.41, 5.74) is 4.32. The molecule has 0 spiro atoms. The van der Waals surface area contributed by atoms with E-state index < -0.39 is 0 Å². The molecule has 0 amide bonds. The lowest BCUT2D eigenvalue weighted by Crippen LogP contribution is -2.06. The van der Waals surface area contributed by atoms with Crippen LogP contribution in [0.25, 0.3) is 11.1 Å². The normalized spacial score (nSPS) is 12.3. The molecule has 1 aromatic carbocycles. The van der Waals surface area contributed by atoms with Crippen LogP contribution in [0.3, 0.4) is 0 Å². The van der Waals surface area contributed by atoms with Gasteiger partial charge in [-0.25, -0.2) is 0 Å². The Morgan fingerprint density at radius 3 is 1.54 bits per heavy atom. The number of ether oxygens (including phenoxy) is 6. The fourth-order valence-electron chi connectivity index (χ4n) is 2.22. The molecule has 0 saturated heterocycles. The van der Waals surface area contributed by atoms with Crippen LogP contribution < -0.4 is 0 Å². The number of hydrogen-bond acceptors (Lipinski definition) is 6. The first-order valence-electron chi connectivity index (χ1n) is 9.50. The summed E-state index contributed by atoms with van der Waals surface area (Å²) in [7, 11) is 3.31. The highest BCUT2D eigenvalue weighted by Gasteiger charge is 2.01. The fraction of sp³-hybridized carbons (Fsp3) is 0.545. The lowest BCUT2D eigenvalue weighted by molar-refractivity contribution is 0.0465. The second-order valence-corrected chi connectivity index (χ2v) is 6.13. The van der Waals surface area contributed by atoms with Gasteiger partial charge in [0.15, 0.2) is 0 Å². The van der Waals surface area contributed by atoms with E-state index in [2.05, 4.69) is 18.2 Å². The number of hydrogen-bond donors (Lipinski definition) is 0. The van der Waals surface area contributed by atoms with Gasteiger partial charge < -0.3 is 28.4 Å². The zero-order valence-corrected chi connectivity index (χ0v) is 17.6. The topological polar surface area (TPSA) is 55.4 Å². The largest absolute Gasteiger partial charge is 0.498 e. The van der Waals surface area contributed by atoms with Crippen molar-refractivity contribution < 1.29 is 28.4 Å². The van der Waals surface area contributed by atoms with E-state index in [-0.39, 0.29) is 0 Å². The lowest BCUT2D eigenvalue weighted by Gasteiger charge is -2.08. The zero-order valence-electron chi connectivity index (χ0n) is 17.6. The minimum absolute atomic E-state index is 0.514. The van der Waals surface area contributed by atoms with Gasteiger partial charge in [0.05, 0.1) is 52.2 Å². The van der Waals surface area contributed by atoms with Crippen molar-refractivity contribution in [2.75, 3.05) is 67.1 Å². The number of benzene rings is 1. The molecule has 0 aromatic heterocycles. The first-order chi connectivity index (χ1) is 13.7. The van der Waals surface area contributed by atoms with Gasteiger partial charge in [-0.05, 0) is 42.2 Å². The fourth-order valence-corrected chi connectivity index (χ4v) is 2.22. The minimum atomic E-state index is 0.514. The second kappa shape index (κ2) is 16.1. The Morgan fingerprint density at radius 1 is 0.679 bits per heavy atom. The molecular formula is C22H34O6. The van der Waals surface area contributed by atoms with Gasteiger partial charge >= 0.3 is 0 Å². The molecule has 6 heteroatoms. The summed E-state index contributed by atoms with van der Waals surface area (Å²) >= 11 is 0. The van der Waals surface area contributed by atoms with E-state index in [0.29, 0.717) is 52.9 Å². The van der Waals surface area contributed by atoms with Crippen molar-refractivity contribution in [1.82, 2.24) is 0 Å². The van der Waals surface area contributed by atoms with Crippen LogP contribution in [0, 0.1) is 0 Å². The Labute approximate surface area is 169 Å². The molecule has 1 rings (SSSR count). The van der Waals surface area contributed by atoms with Crippen LogP contribution in [0.4, 0.5) is 0 Å². The summed E-state index contributed by atoms with van der Waals surface area (Å²) in [6, 6.07) is 8.27. The van der Waals surface area contributed by atoms with E-state index in [1.807, 2.05) is 19.9 Å². The average Bonchev–Trinajstić information content (AvgIpc) is 2.72. The summed E-state index contributed by atoms with van der Waals surface area (Å²) in [4.78, 5) is 0. The quantitative estimate of drug-likeness (QED) is 0.314. The third-order valence-corrected chi connectivity index (χ3v) is 3.85. The summed E-state index contributed by atoms with van der Waals surface area (Å²) in [5.74, 6) is 0. The standard InChI is InChI=1S/C22H34O6/c1-19(17-27-14-12-25-10-8-23-3)21-6-5-7-22(16-21)20(2)18-28-15-13-26-11-9-24-4/h5-7,16-18H,8-15H2,1-4H3/b19-17-,20-18?. The van der Waals surface area contributed by atoms with Crippen molar-refractivity contribution in [3.05, 3.63) is 47.9 Å². The molecule has 0 atom stereocenters. The van der Waals surface area contributed by atoms with Gasteiger partial charge in [-0.3, -0.25) is 0 Å². The molecule has 0 N–H and O–H groups in total. The van der Waals surface area contributed by atoms with Crippen molar-refractivity contribution in [2.24, 2.45) is 0 Å². The van der Waals surface area contributed by atoms with E-state index in [9.17, 15) is 0 Å². The van der Waals surface area contributed by atoms with Gasteiger partial charge in [-0.1, -0.05) is 18.2 Å².